The largest absolute Gasteiger partial charge is 0.384 e. The van der Waals surface area contributed by atoms with E-state index in [9.17, 15) is 0 Å². The number of nitrogens with one attached hydrogen (secondary N) is 1. The molecule has 0 amide bonds. The van der Waals surface area contributed by atoms with Crippen LogP contribution in [0.3, 0.4) is 0 Å². The maximum absolute atomic E-state index is 5.55. The van der Waals surface area contributed by atoms with Gasteiger partial charge in [0.1, 0.15) is 5.82 Å². The van der Waals surface area contributed by atoms with E-state index in [1.165, 1.54) is 12.4 Å². The van der Waals surface area contributed by atoms with Crippen molar-refractivity contribution in [1.82, 2.24) is 5.32 Å². The highest BCUT2D eigenvalue weighted by Crippen LogP contribution is 2.17. The molecule has 0 aromatic rings. The van der Waals surface area contributed by atoms with E-state index in [1.54, 1.807) is 0 Å². The lowest BCUT2D eigenvalue weighted by molar-refractivity contribution is 0.798. The van der Waals surface area contributed by atoms with Crippen LogP contribution < -0.4 is 11.1 Å². The summed E-state index contributed by atoms with van der Waals surface area (Å²) in [5, 5.41) is 2.58. The summed E-state index contributed by atoms with van der Waals surface area (Å²) in [5.41, 5.74) is 5.28. The first kappa shape index (κ1) is 6.71. The van der Waals surface area contributed by atoms with Crippen LogP contribution in [-0.2, 0) is 0 Å². The second-order valence-electron chi connectivity index (χ2n) is 1.61. The zero-order valence-electron chi connectivity index (χ0n) is 4.44. The van der Waals surface area contributed by atoms with Gasteiger partial charge in [0.15, 0.2) is 0 Å². The lowest BCUT2D eigenvalue weighted by Gasteiger charge is -2.19. The highest BCUT2D eigenvalue weighted by Gasteiger charge is 2.22. The zero-order valence-corrected chi connectivity index (χ0v) is 5.95. The molecule has 0 aliphatic carbocycles. The van der Waals surface area contributed by atoms with Gasteiger partial charge in [-0.05, 0) is 0 Å². The topological polar surface area (TPSA) is 50.4 Å². The fraction of sp³-hybridized carbons (Fsp3) is 0.250. The first-order chi connectivity index (χ1) is 4.10. The molecule has 0 spiro atoms. The lowest BCUT2D eigenvalue weighted by atomic mass is 10.5. The number of rotatable bonds is 0. The average molecular weight is 166 g/mol. The smallest absolute Gasteiger partial charge is 0.225 e. The van der Waals surface area contributed by atoms with Crippen LogP contribution in [0.4, 0.5) is 0 Å². The Morgan fingerprint density at radius 2 is 2.33 bits per heavy atom. The molecule has 0 unspecified atom stereocenters. The van der Waals surface area contributed by atoms with Gasteiger partial charge >= 0.3 is 0 Å². The first-order valence-corrected chi connectivity index (χ1v) is 3.02. The fourth-order valence-corrected chi connectivity index (χ4v) is 0.799. The van der Waals surface area contributed by atoms with Crippen molar-refractivity contribution in [3.8, 4) is 0 Å². The summed E-state index contributed by atoms with van der Waals surface area (Å²) < 4.78 is -1.14. The van der Waals surface area contributed by atoms with E-state index in [0.717, 1.165) is 0 Å². The van der Waals surface area contributed by atoms with E-state index in [2.05, 4.69) is 10.3 Å². The summed E-state index contributed by atoms with van der Waals surface area (Å²) in [6.07, 6.45) is 2.79. The van der Waals surface area contributed by atoms with Crippen LogP contribution in [0.1, 0.15) is 0 Å². The second kappa shape index (κ2) is 2.08. The molecule has 0 radical (unpaired) electrons. The summed E-state index contributed by atoms with van der Waals surface area (Å²) in [5.74, 6) is 0.363. The second-order valence-corrected chi connectivity index (χ2v) is 3.00. The lowest BCUT2D eigenvalue weighted by Crippen LogP contribution is -2.39. The molecule has 0 aromatic carbocycles. The molecular weight excluding hydrogens is 161 g/mol. The SMILES string of the molecule is NC1=CN=CC(Cl)(Cl)N1. The van der Waals surface area contributed by atoms with Crippen LogP contribution >= 0.6 is 23.2 Å². The predicted octanol–water partition coefficient (Wildman–Crippen LogP) is 0.549. The Morgan fingerprint density at radius 3 is 2.67 bits per heavy atom. The van der Waals surface area contributed by atoms with E-state index < -0.39 is 4.46 Å². The van der Waals surface area contributed by atoms with Gasteiger partial charge in [0.05, 0.1) is 12.4 Å². The van der Waals surface area contributed by atoms with E-state index in [-0.39, 0.29) is 0 Å². The molecular formula is C4H5Cl2N3. The number of nitrogens with two attached hydrogens (primary N) is 1. The summed E-state index contributed by atoms with van der Waals surface area (Å²) in [6, 6.07) is 0. The molecule has 1 aliphatic heterocycles. The summed E-state index contributed by atoms with van der Waals surface area (Å²) in [4.78, 5) is 3.67. The van der Waals surface area contributed by atoms with Crippen LogP contribution in [0, 0.1) is 0 Å². The number of hydrogen-bond donors (Lipinski definition) is 2. The minimum atomic E-state index is -1.14. The molecule has 1 rings (SSSR count). The standard InChI is InChI=1S/C4H5Cl2N3/c5-4(6)2-8-1-3(7)9-4/h1-2,9H,7H2. The molecule has 1 heterocycles. The monoisotopic (exact) mass is 165 g/mol. The van der Waals surface area contributed by atoms with Crippen molar-refractivity contribution in [3.05, 3.63) is 12.0 Å². The fourth-order valence-electron chi connectivity index (χ4n) is 0.468. The third kappa shape index (κ3) is 1.77. The maximum Gasteiger partial charge on any atom is 0.225 e. The average Bonchev–Trinajstić information content (AvgIpc) is 1.60. The number of hydrogen-bond acceptors (Lipinski definition) is 3. The zero-order chi connectivity index (χ0) is 6.91. The minimum Gasteiger partial charge on any atom is -0.384 e. The first-order valence-electron chi connectivity index (χ1n) is 2.26. The molecule has 1 aliphatic rings. The van der Waals surface area contributed by atoms with Gasteiger partial charge in [-0.25, -0.2) is 0 Å². The van der Waals surface area contributed by atoms with Crippen molar-refractivity contribution in [2.45, 2.75) is 4.46 Å². The van der Waals surface area contributed by atoms with Crippen molar-refractivity contribution in [2.24, 2.45) is 10.7 Å². The van der Waals surface area contributed by atoms with Crippen molar-refractivity contribution >= 4 is 29.4 Å². The Morgan fingerprint density at radius 1 is 1.67 bits per heavy atom. The third-order valence-electron chi connectivity index (χ3n) is 0.761. The molecule has 0 fully saturated rings. The number of alkyl halides is 2. The Labute approximate surface area is 62.5 Å². The van der Waals surface area contributed by atoms with Gasteiger partial charge in [-0.3, -0.25) is 4.99 Å². The van der Waals surface area contributed by atoms with Gasteiger partial charge in [-0.1, -0.05) is 23.2 Å². The van der Waals surface area contributed by atoms with Gasteiger partial charge in [0.2, 0.25) is 4.46 Å². The Balaban J connectivity index is 2.73. The molecule has 50 valence electrons. The van der Waals surface area contributed by atoms with E-state index >= 15 is 0 Å². The van der Waals surface area contributed by atoms with E-state index in [4.69, 9.17) is 28.9 Å². The Hall–Kier alpha value is -0.410. The van der Waals surface area contributed by atoms with Gasteiger partial charge in [0, 0.05) is 0 Å². The molecule has 0 saturated heterocycles. The van der Waals surface area contributed by atoms with Crippen LogP contribution in [0.15, 0.2) is 17.0 Å². The molecule has 5 heteroatoms. The summed E-state index contributed by atoms with van der Waals surface area (Å²) in [6.45, 7) is 0. The van der Waals surface area contributed by atoms with E-state index in [0.29, 0.717) is 5.82 Å². The van der Waals surface area contributed by atoms with Gasteiger partial charge in [-0.15, -0.1) is 0 Å². The maximum atomic E-state index is 5.55. The molecule has 3 nitrogen and oxygen atoms in total. The highest BCUT2D eigenvalue weighted by atomic mass is 35.5. The molecule has 3 N–H and O–H groups in total. The van der Waals surface area contributed by atoms with Gasteiger partial charge in [-0.2, -0.15) is 0 Å². The number of nitrogens with zero attached hydrogens (tertiary/aromatic N) is 1. The van der Waals surface area contributed by atoms with Crippen LogP contribution in [-0.4, -0.2) is 10.7 Å². The molecule has 9 heavy (non-hydrogen) atoms. The number of aliphatic imine (C=N–C) groups is 1. The van der Waals surface area contributed by atoms with E-state index in [1.807, 2.05) is 0 Å². The Kier molecular flexibility index (Phi) is 1.55. The molecule has 0 bridgehead atoms. The number of halogens is 2. The Bertz CT molecular complexity index is 173. The molecule has 0 saturated carbocycles. The quantitative estimate of drug-likeness (QED) is 0.407. The highest BCUT2D eigenvalue weighted by molar-refractivity contribution is 6.56. The van der Waals surface area contributed by atoms with Gasteiger partial charge < -0.3 is 11.1 Å². The summed E-state index contributed by atoms with van der Waals surface area (Å²) in [7, 11) is 0. The predicted molar refractivity (Wildman–Crippen MR) is 38.3 cm³/mol. The van der Waals surface area contributed by atoms with Crippen molar-refractivity contribution in [1.29, 1.82) is 0 Å². The summed E-state index contributed by atoms with van der Waals surface area (Å²) >= 11 is 11.1. The normalized spacial score (nSPS) is 22.7. The molecule has 0 aromatic heterocycles. The van der Waals surface area contributed by atoms with Crippen LogP contribution in [0.2, 0.25) is 0 Å². The van der Waals surface area contributed by atoms with Crippen molar-refractivity contribution in [2.75, 3.05) is 0 Å². The van der Waals surface area contributed by atoms with Crippen molar-refractivity contribution < 1.29 is 0 Å². The third-order valence-corrected chi connectivity index (χ3v) is 1.15. The van der Waals surface area contributed by atoms with Crippen LogP contribution in [0.25, 0.3) is 0 Å². The van der Waals surface area contributed by atoms with Gasteiger partial charge in [0.25, 0.3) is 0 Å². The van der Waals surface area contributed by atoms with Crippen LogP contribution in [0.5, 0.6) is 0 Å². The van der Waals surface area contributed by atoms with Crippen molar-refractivity contribution in [3.63, 3.8) is 0 Å². The molecule has 0 atom stereocenters. The minimum absolute atomic E-state index is 0.363.